The van der Waals surface area contributed by atoms with Crippen LogP contribution in [0.15, 0.2) is 576 Å². The van der Waals surface area contributed by atoms with Gasteiger partial charge in [-0.05, 0) is 244 Å². The second-order valence-electron chi connectivity index (χ2n) is 40.9. The van der Waals surface area contributed by atoms with Gasteiger partial charge in [-0.3, -0.25) is 0 Å². The van der Waals surface area contributed by atoms with E-state index in [0.29, 0.717) is 0 Å². The van der Waals surface area contributed by atoms with Crippen molar-refractivity contribution in [2.45, 2.75) is 61.7 Å². The summed E-state index contributed by atoms with van der Waals surface area (Å²) in [5, 5.41) is 0. The van der Waals surface area contributed by atoms with Gasteiger partial charge in [0.1, 0.15) is 0 Å². The van der Waals surface area contributed by atoms with Gasteiger partial charge in [0.2, 0.25) is 0 Å². The monoisotopic (exact) mass is 1890 g/mol. The molecule has 22 aromatic carbocycles. The van der Waals surface area contributed by atoms with E-state index in [2.05, 4.69) is 631 Å². The number of para-hydroxylation sites is 1. The number of anilines is 12. The lowest BCUT2D eigenvalue weighted by Gasteiger charge is -2.44. The SMILES string of the molecule is CC(C)(C)c1ccc2c(c1)B1c3ccccc3N(c3ccc(C(c4ccccc4)(c4ccccc4)c4ccccc4)cc3)c3cccc(c31)N2c1ccc(C(c2ccccc2)(c2ccccc2)c2ccccc2)cc1.Cc1ccc2c(c1)B1c3cc(C)ccc3N(c3ccc(C(c4ccccc4)(c4ccccc4)c4ccccc4)cc3)c3cccc(c31)N2c1ccc(C(c2ccccc2)(c2ccccc2)c2ccccc2)cc1. The van der Waals surface area contributed by atoms with E-state index in [0.717, 1.165) is 22.7 Å². The van der Waals surface area contributed by atoms with Crippen LogP contribution in [0, 0.1) is 13.8 Å². The molecule has 0 spiro atoms. The maximum Gasteiger partial charge on any atom is 0.252 e. The molecule has 4 aliphatic rings. The number of fused-ring (bicyclic) bond motifs is 8. The van der Waals surface area contributed by atoms with E-state index < -0.39 is 21.7 Å². The van der Waals surface area contributed by atoms with Crippen LogP contribution in [-0.2, 0) is 27.1 Å². The van der Waals surface area contributed by atoms with Crippen LogP contribution in [0.5, 0.6) is 0 Å². The van der Waals surface area contributed by atoms with Gasteiger partial charge in [-0.25, -0.2) is 0 Å². The van der Waals surface area contributed by atoms with Crippen LogP contribution in [0.2, 0.25) is 0 Å². The Morgan fingerprint density at radius 1 is 0.142 bits per heavy atom. The van der Waals surface area contributed by atoms with Crippen LogP contribution in [-0.4, -0.2) is 13.4 Å². The first-order chi connectivity index (χ1) is 72.9. The van der Waals surface area contributed by atoms with Crippen molar-refractivity contribution >= 4 is 114 Å². The van der Waals surface area contributed by atoms with Crippen LogP contribution in [0.1, 0.15) is 126 Å². The quantitative estimate of drug-likeness (QED) is 0.0557. The summed E-state index contributed by atoms with van der Waals surface area (Å²) in [7, 11) is 0. The molecule has 148 heavy (non-hydrogen) atoms. The smallest absolute Gasteiger partial charge is 0.252 e. The van der Waals surface area contributed by atoms with Crippen molar-refractivity contribution in [2.24, 2.45) is 0 Å². The van der Waals surface area contributed by atoms with Crippen molar-refractivity contribution < 1.29 is 0 Å². The molecule has 0 atom stereocenters. The first kappa shape index (κ1) is 91.4. The molecule has 0 fully saturated rings. The minimum atomic E-state index is -0.552. The molecule has 0 N–H and O–H groups in total. The van der Waals surface area contributed by atoms with Gasteiger partial charge in [0, 0.05) is 68.2 Å². The van der Waals surface area contributed by atoms with Crippen LogP contribution >= 0.6 is 0 Å². The average Bonchev–Trinajstić information content (AvgIpc) is 0.698. The van der Waals surface area contributed by atoms with E-state index >= 15 is 0 Å². The maximum atomic E-state index is 2.53. The van der Waals surface area contributed by atoms with E-state index in [9.17, 15) is 0 Å². The Bertz CT molecular complexity index is 7880. The predicted molar refractivity (Wildman–Crippen MR) is 622 cm³/mol. The first-order valence-electron chi connectivity index (χ1n) is 51.9. The highest BCUT2D eigenvalue weighted by Gasteiger charge is 2.49. The molecular weight excluding hydrogens is 1780 g/mol. The first-order valence-corrected chi connectivity index (χ1v) is 51.9. The minimum absolute atomic E-state index is 0.0135. The van der Waals surface area contributed by atoms with Crippen molar-refractivity contribution in [1.29, 1.82) is 0 Å². The Balaban J connectivity index is 0.000000154. The molecule has 0 aliphatic carbocycles. The second-order valence-corrected chi connectivity index (χ2v) is 40.9. The van der Waals surface area contributed by atoms with Crippen molar-refractivity contribution in [3.05, 3.63) is 682 Å². The average molecular weight is 1890 g/mol. The Hall–Kier alpha value is -17.8. The van der Waals surface area contributed by atoms with Gasteiger partial charge >= 0.3 is 0 Å². The van der Waals surface area contributed by atoms with Crippen molar-refractivity contribution in [2.75, 3.05) is 19.6 Å². The molecular formula is C142H110B2N4. The molecule has 0 unspecified atom stereocenters. The van der Waals surface area contributed by atoms with Gasteiger partial charge in [0.25, 0.3) is 13.4 Å². The third kappa shape index (κ3) is 15.1. The summed E-state index contributed by atoms with van der Waals surface area (Å²) >= 11 is 0. The van der Waals surface area contributed by atoms with E-state index in [1.165, 1.54) is 184 Å². The summed E-state index contributed by atoms with van der Waals surface area (Å²) in [6.45, 7) is 11.5. The fraction of sp³-hybridized carbons (Fsp3) is 0.0704. The number of hydrogen-bond acceptors (Lipinski definition) is 4. The Labute approximate surface area is 871 Å². The zero-order valence-corrected chi connectivity index (χ0v) is 83.8. The van der Waals surface area contributed by atoms with Gasteiger partial charge in [-0.1, -0.05) is 511 Å². The van der Waals surface area contributed by atoms with Crippen LogP contribution < -0.4 is 52.4 Å². The number of nitrogens with zero attached hydrogens (tertiary/aromatic N) is 4. The Morgan fingerprint density at radius 2 is 0.311 bits per heavy atom. The van der Waals surface area contributed by atoms with Crippen LogP contribution in [0.4, 0.5) is 68.2 Å². The zero-order chi connectivity index (χ0) is 99.5. The molecule has 0 saturated heterocycles. The highest BCUT2D eigenvalue weighted by Crippen LogP contribution is 2.55. The lowest BCUT2D eigenvalue weighted by Crippen LogP contribution is -2.61. The molecule has 4 nitrogen and oxygen atoms in total. The second kappa shape index (κ2) is 38.0. The molecule has 6 heteroatoms. The topological polar surface area (TPSA) is 13.0 Å². The van der Waals surface area contributed by atoms with Crippen LogP contribution in [0.3, 0.4) is 0 Å². The molecule has 0 amide bonds. The summed E-state index contributed by atoms with van der Waals surface area (Å²) in [4.78, 5) is 10.1. The predicted octanol–water partition coefficient (Wildman–Crippen LogP) is 31.0. The van der Waals surface area contributed by atoms with Crippen molar-refractivity contribution in [3.8, 4) is 0 Å². The zero-order valence-electron chi connectivity index (χ0n) is 83.8. The third-order valence-corrected chi connectivity index (χ3v) is 31.8. The molecule has 704 valence electrons. The Kier molecular flexibility index (Phi) is 23.5. The van der Waals surface area contributed by atoms with E-state index in [-0.39, 0.29) is 18.8 Å². The maximum absolute atomic E-state index is 2.53. The highest BCUT2D eigenvalue weighted by molar-refractivity contribution is 7.01. The molecule has 26 rings (SSSR count). The molecule has 0 saturated carbocycles. The molecule has 0 aromatic heterocycles. The summed E-state index contributed by atoms with van der Waals surface area (Å²) in [5.74, 6) is 0. The van der Waals surface area contributed by atoms with Gasteiger partial charge in [0.15, 0.2) is 0 Å². The minimum Gasteiger partial charge on any atom is -0.311 e. The number of benzene rings is 22. The van der Waals surface area contributed by atoms with Gasteiger partial charge < -0.3 is 19.6 Å². The third-order valence-electron chi connectivity index (χ3n) is 31.8. The fourth-order valence-corrected chi connectivity index (χ4v) is 25.4. The van der Waals surface area contributed by atoms with Gasteiger partial charge in [-0.15, -0.1) is 0 Å². The van der Waals surface area contributed by atoms with Crippen molar-refractivity contribution in [3.63, 3.8) is 0 Å². The number of hydrogen-bond donors (Lipinski definition) is 0. The number of aryl methyl sites for hydroxylation is 2. The molecule has 0 radical (unpaired) electrons. The highest BCUT2D eigenvalue weighted by atomic mass is 15.2. The fourth-order valence-electron chi connectivity index (χ4n) is 25.4. The molecule has 4 heterocycles. The summed E-state index contributed by atoms with van der Waals surface area (Å²) < 4.78 is 0. The summed E-state index contributed by atoms with van der Waals surface area (Å²) in [6.07, 6.45) is 0. The van der Waals surface area contributed by atoms with Crippen molar-refractivity contribution in [1.82, 2.24) is 0 Å². The van der Waals surface area contributed by atoms with E-state index in [1.807, 2.05) is 0 Å². The molecule has 0 bridgehead atoms. The van der Waals surface area contributed by atoms with E-state index in [1.54, 1.807) is 0 Å². The summed E-state index contributed by atoms with van der Waals surface area (Å²) in [6, 6.07) is 214. The Morgan fingerprint density at radius 3 is 0.534 bits per heavy atom. The van der Waals surface area contributed by atoms with E-state index in [4.69, 9.17) is 0 Å². The number of rotatable bonds is 20. The van der Waals surface area contributed by atoms with Gasteiger partial charge in [0.05, 0.1) is 21.7 Å². The standard InChI is InChI=1S/C72H57BN2.C70H53BN2/c1-70(2,3)60-45-50-66-64(51-60)73-63-37-22-23-38-65(63)74(61-46-41-58(42-47-61)71(52-25-10-4-11-26-52,53-27-12-5-13-28-53)54-29-14-6-15-30-54)67-39-24-40-68(69(67)73)75(66)62-48-43-59(44-49-62)72(55-31-16-7-17-32-55,56-33-18-8-19-34-56)57-35-20-9-21-36-57;1-50-36-46-64-62(48-50)71-63-49-51(2)37-47-65(63)73(61-44-40-59(41-45-61)70(55-28-15-6-16-29-55,56-30-17-7-18-31-56)57-32-19-8-20-33-57)67-35-21-34-66(68(67)71)72(64)60-42-38-58(39-43-60)69(52-22-9-3-10-23-52,53-24-11-4-12-25-53)54-26-13-5-14-27-54/h4-51H,1-3H3;3-49H,1-2H3. The summed E-state index contributed by atoms with van der Waals surface area (Å²) in [5.41, 5.74) is 43.1. The van der Waals surface area contributed by atoms with Gasteiger partial charge in [-0.2, -0.15) is 0 Å². The molecule has 22 aromatic rings. The normalized spacial score (nSPS) is 12.8. The lowest BCUT2D eigenvalue weighted by atomic mass is 9.33. The molecule has 4 aliphatic heterocycles. The largest absolute Gasteiger partial charge is 0.311 e. The lowest BCUT2D eigenvalue weighted by molar-refractivity contribution is 0.591. The van der Waals surface area contributed by atoms with Crippen LogP contribution in [0.25, 0.3) is 0 Å².